The number of benzene rings is 3. The fourth-order valence-electron chi connectivity index (χ4n) is 3.51. The average Bonchev–Trinajstić information content (AvgIpc) is 2.80. The molecule has 0 aliphatic heterocycles. The topological polar surface area (TPSA) is 58.6 Å². The van der Waals surface area contributed by atoms with Crippen molar-refractivity contribution in [3.63, 3.8) is 0 Å². The lowest BCUT2D eigenvalue weighted by atomic mass is 10.0. The van der Waals surface area contributed by atoms with Crippen LogP contribution < -0.4 is 10.1 Å². The van der Waals surface area contributed by atoms with E-state index in [1.807, 2.05) is 86.6 Å². The number of rotatable bonds is 7. The summed E-state index contributed by atoms with van der Waals surface area (Å²) < 4.78 is 5.44. The van der Waals surface area contributed by atoms with Crippen LogP contribution in [-0.2, 0) is 9.59 Å². The average molecular weight is 429 g/mol. The van der Waals surface area contributed by atoms with Crippen molar-refractivity contribution in [3.8, 4) is 5.75 Å². The molecular weight excluding hydrogens is 400 g/mol. The molecule has 0 atom stereocenters. The van der Waals surface area contributed by atoms with Gasteiger partial charge in [0.2, 0.25) is 5.91 Å². The van der Waals surface area contributed by atoms with Gasteiger partial charge in [0.25, 0.3) is 5.91 Å². The van der Waals surface area contributed by atoms with Crippen molar-refractivity contribution in [2.45, 2.75) is 13.8 Å². The molecule has 0 radical (unpaired) electrons. The summed E-state index contributed by atoms with van der Waals surface area (Å²) in [4.78, 5) is 27.5. The molecule has 0 saturated carbocycles. The van der Waals surface area contributed by atoms with Gasteiger partial charge in [-0.2, -0.15) is 0 Å². The van der Waals surface area contributed by atoms with Gasteiger partial charge in [0, 0.05) is 23.9 Å². The van der Waals surface area contributed by atoms with Crippen molar-refractivity contribution in [2.75, 3.05) is 26.0 Å². The number of hydrogen-bond donors (Lipinski definition) is 1. The SMILES string of the molecule is COc1ccccc1/C=C(/C(=O)N(C)CC(=O)Nc1c(C)cccc1C)c1ccccc1. The van der Waals surface area contributed by atoms with E-state index in [9.17, 15) is 9.59 Å². The molecule has 1 N–H and O–H groups in total. The first-order valence-corrected chi connectivity index (χ1v) is 10.4. The van der Waals surface area contributed by atoms with Gasteiger partial charge in [-0.05, 0) is 42.7 Å². The zero-order chi connectivity index (χ0) is 23.1. The Bertz CT molecular complexity index is 1120. The second kappa shape index (κ2) is 10.4. The Hall–Kier alpha value is -3.86. The quantitative estimate of drug-likeness (QED) is 0.428. The van der Waals surface area contributed by atoms with E-state index in [2.05, 4.69) is 5.32 Å². The number of anilines is 1. The van der Waals surface area contributed by atoms with Crippen molar-refractivity contribution in [1.29, 1.82) is 0 Å². The van der Waals surface area contributed by atoms with Crippen LogP contribution >= 0.6 is 0 Å². The van der Waals surface area contributed by atoms with Crippen molar-refractivity contribution in [2.24, 2.45) is 0 Å². The number of para-hydroxylation sites is 2. The molecule has 0 bridgehead atoms. The lowest BCUT2D eigenvalue weighted by Gasteiger charge is -2.20. The molecule has 32 heavy (non-hydrogen) atoms. The van der Waals surface area contributed by atoms with Gasteiger partial charge in [-0.3, -0.25) is 9.59 Å². The minimum atomic E-state index is -0.251. The van der Waals surface area contributed by atoms with Crippen LogP contribution in [0.2, 0.25) is 0 Å². The van der Waals surface area contributed by atoms with Crippen molar-refractivity contribution >= 4 is 29.2 Å². The van der Waals surface area contributed by atoms with Gasteiger partial charge < -0.3 is 15.0 Å². The molecule has 164 valence electrons. The molecule has 0 aromatic heterocycles. The van der Waals surface area contributed by atoms with E-state index in [4.69, 9.17) is 4.74 Å². The highest BCUT2D eigenvalue weighted by molar-refractivity contribution is 6.24. The molecule has 5 nitrogen and oxygen atoms in total. The Balaban J connectivity index is 1.86. The van der Waals surface area contributed by atoms with E-state index in [1.165, 1.54) is 4.90 Å². The van der Waals surface area contributed by atoms with E-state index in [0.717, 1.165) is 27.9 Å². The molecule has 0 aliphatic rings. The summed E-state index contributed by atoms with van der Waals surface area (Å²) in [6, 6.07) is 22.8. The largest absolute Gasteiger partial charge is 0.496 e. The van der Waals surface area contributed by atoms with E-state index < -0.39 is 0 Å². The van der Waals surface area contributed by atoms with Crippen LogP contribution in [0.15, 0.2) is 72.8 Å². The lowest BCUT2D eigenvalue weighted by Crippen LogP contribution is -2.35. The molecular formula is C27H28N2O3. The van der Waals surface area contributed by atoms with Crippen molar-refractivity contribution in [1.82, 2.24) is 4.90 Å². The number of carbonyl (C=O) groups is 2. The fraction of sp³-hybridized carbons (Fsp3) is 0.185. The first-order chi connectivity index (χ1) is 15.4. The molecule has 0 heterocycles. The van der Waals surface area contributed by atoms with Gasteiger partial charge in [-0.1, -0.05) is 66.7 Å². The van der Waals surface area contributed by atoms with E-state index >= 15 is 0 Å². The number of carbonyl (C=O) groups excluding carboxylic acids is 2. The van der Waals surface area contributed by atoms with Crippen molar-refractivity contribution < 1.29 is 14.3 Å². The first-order valence-electron chi connectivity index (χ1n) is 10.4. The summed E-state index contributed by atoms with van der Waals surface area (Å²) in [6.45, 7) is 3.82. The van der Waals surface area contributed by atoms with E-state index in [0.29, 0.717) is 11.3 Å². The van der Waals surface area contributed by atoms with Crippen molar-refractivity contribution in [3.05, 3.63) is 95.1 Å². The highest BCUT2D eigenvalue weighted by Crippen LogP contribution is 2.26. The second-order valence-corrected chi connectivity index (χ2v) is 7.64. The van der Waals surface area contributed by atoms with Crippen LogP contribution in [-0.4, -0.2) is 37.4 Å². The summed E-state index contributed by atoms with van der Waals surface area (Å²) >= 11 is 0. The summed E-state index contributed by atoms with van der Waals surface area (Å²) in [7, 11) is 3.23. The number of methoxy groups -OCH3 is 1. The molecule has 0 aliphatic carbocycles. The Labute approximate surface area is 189 Å². The highest BCUT2D eigenvalue weighted by atomic mass is 16.5. The fourth-order valence-corrected chi connectivity index (χ4v) is 3.51. The van der Waals surface area contributed by atoms with E-state index in [-0.39, 0.29) is 18.4 Å². The number of likely N-dealkylation sites (N-methyl/N-ethyl adjacent to an activating group) is 1. The van der Waals surface area contributed by atoms with Crippen LogP contribution in [0, 0.1) is 13.8 Å². The van der Waals surface area contributed by atoms with Crippen LogP contribution in [0.3, 0.4) is 0 Å². The monoisotopic (exact) mass is 428 g/mol. The molecule has 3 aromatic carbocycles. The summed E-state index contributed by atoms with van der Waals surface area (Å²) in [5.41, 5.74) is 4.78. The maximum Gasteiger partial charge on any atom is 0.254 e. The molecule has 0 saturated heterocycles. The lowest BCUT2D eigenvalue weighted by molar-refractivity contribution is -0.128. The van der Waals surface area contributed by atoms with Gasteiger partial charge in [0.05, 0.1) is 13.7 Å². The van der Waals surface area contributed by atoms with Crippen LogP contribution in [0.5, 0.6) is 5.75 Å². The predicted molar refractivity (Wildman–Crippen MR) is 129 cm³/mol. The van der Waals surface area contributed by atoms with E-state index in [1.54, 1.807) is 20.2 Å². The third kappa shape index (κ3) is 5.43. The summed E-state index contributed by atoms with van der Waals surface area (Å²) in [5, 5.41) is 2.94. The normalized spacial score (nSPS) is 11.1. The standard InChI is InChI=1S/C27H28N2O3/c1-19-11-10-12-20(2)26(19)28-25(30)18-29(3)27(31)23(21-13-6-5-7-14-21)17-22-15-8-9-16-24(22)32-4/h5-17H,18H2,1-4H3,(H,28,30)/b23-17+. The smallest absolute Gasteiger partial charge is 0.254 e. The Morgan fingerprint density at radius 3 is 2.19 bits per heavy atom. The number of hydrogen-bond acceptors (Lipinski definition) is 3. The maximum absolute atomic E-state index is 13.4. The molecule has 2 amide bonds. The Morgan fingerprint density at radius 1 is 0.906 bits per heavy atom. The van der Waals surface area contributed by atoms with Gasteiger partial charge in [-0.15, -0.1) is 0 Å². The molecule has 3 aromatic rings. The van der Waals surface area contributed by atoms with Gasteiger partial charge in [0.1, 0.15) is 5.75 Å². The number of ether oxygens (including phenoxy) is 1. The molecule has 5 heteroatoms. The summed E-state index contributed by atoms with van der Waals surface area (Å²) in [5.74, 6) is 0.172. The van der Waals surface area contributed by atoms with Crippen LogP contribution in [0.4, 0.5) is 5.69 Å². The molecule has 3 rings (SSSR count). The first kappa shape index (κ1) is 22.8. The van der Waals surface area contributed by atoms with Gasteiger partial charge in [-0.25, -0.2) is 0 Å². The Kier molecular flexibility index (Phi) is 7.45. The molecule has 0 unspecified atom stereocenters. The zero-order valence-corrected chi connectivity index (χ0v) is 18.9. The molecule has 0 spiro atoms. The Morgan fingerprint density at radius 2 is 1.53 bits per heavy atom. The van der Waals surface area contributed by atoms with Crippen LogP contribution in [0.25, 0.3) is 11.6 Å². The zero-order valence-electron chi connectivity index (χ0n) is 18.9. The number of amides is 2. The second-order valence-electron chi connectivity index (χ2n) is 7.64. The third-order valence-corrected chi connectivity index (χ3v) is 5.23. The number of nitrogens with one attached hydrogen (secondary N) is 1. The molecule has 0 fully saturated rings. The minimum Gasteiger partial charge on any atom is -0.496 e. The summed E-state index contributed by atoms with van der Waals surface area (Å²) in [6.07, 6.45) is 1.80. The van der Waals surface area contributed by atoms with Gasteiger partial charge >= 0.3 is 0 Å². The minimum absolute atomic E-state index is 0.0668. The van der Waals surface area contributed by atoms with Gasteiger partial charge in [0.15, 0.2) is 0 Å². The predicted octanol–water partition coefficient (Wildman–Crippen LogP) is 4.95. The third-order valence-electron chi connectivity index (χ3n) is 5.23. The highest BCUT2D eigenvalue weighted by Gasteiger charge is 2.20. The van der Waals surface area contributed by atoms with Crippen LogP contribution in [0.1, 0.15) is 22.3 Å². The number of aryl methyl sites for hydroxylation is 2. The number of nitrogens with zero attached hydrogens (tertiary/aromatic N) is 1. The maximum atomic E-state index is 13.4.